The van der Waals surface area contributed by atoms with Crippen LogP contribution in [0.5, 0.6) is 0 Å². The number of methoxy groups -OCH3 is 1. The van der Waals surface area contributed by atoms with Crippen LogP contribution in [0, 0.1) is 6.92 Å². The van der Waals surface area contributed by atoms with E-state index in [0.717, 1.165) is 16.8 Å². The van der Waals surface area contributed by atoms with Crippen molar-refractivity contribution in [2.45, 2.75) is 13.5 Å². The van der Waals surface area contributed by atoms with Crippen LogP contribution in [0.3, 0.4) is 0 Å². The Morgan fingerprint density at radius 1 is 1.21 bits per heavy atom. The summed E-state index contributed by atoms with van der Waals surface area (Å²) in [6, 6.07) is 7.70. The second-order valence-electron chi connectivity index (χ2n) is 5.67. The van der Waals surface area contributed by atoms with Gasteiger partial charge >= 0.3 is 0 Å². The van der Waals surface area contributed by atoms with Crippen molar-refractivity contribution in [1.82, 2.24) is 19.3 Å². The average Bonchev–Trinajstić information content (AvgIpc) is 3.02. The average molecular weight is 324 g/mol. The summed E-state index contributed by atoms with van der Waals surface area (Å²) in [5, 5.41) is 0. The first kappa shape index (κ1) is 16.1. The first-order valence-electron chi connectivity index (χ1n) is 7.80. The smallest absolute Gasteiger partial charge is 0.274 e. The van der Waals surface area contributed by atoms with Gasteiger partial charge in [-0.25, -0.2) is 4.98 Å². The maximum absolute atomic E-state index is 12.9. The number of pyridine rings is 2. The first-order chi connectivity index (χ1) is 11.7. The fourth-order valence-electron chi connectivity index (χ4n) is 2.53. The van der Waals surface area contributed by atoms with Crippen molar-refractivity contribution in [3.8, 4) is 0 Å². The topological polar surface area (TPSA) is 59.7 Å². The molecule has 0 radical (unpaired) electrons. The molecule has 0 saturated carbocycles. The molecule has 3 aromatic heterocycles. The molecule has 0 spiro atoms. The number of nitrogens with zero attached hydrogens (tertiary/aromatic N) is 4. The van der Waals surface area contributed by atoms with E-state index in [0.29, 0.717) is 25.4 Å². The van der Waals surface area contributed by atoms with Crippen molar-refractivity contribution in [3.63, 3.8) is 0 Å². The molecule has 3 heterocycles. The van der Waals surface area contributed by atoms with Crippen LogP contribution in [0.15, 0.2) is 49.1 Å². The van der Waals surface area contributed by atoms with Crippen LogP contribution in [0.4, 0.5) is 0 Å². The summed E-state index contributed by atoms with van der Waals surface area (Å²) in [7, 11) is 1.63. The quantitative estimate of drug-likeness (QED) is 0.698. The number of aryl methyl sites for hydroxylation is 1. The molecule has 1 amide bonds. The Hall–Kier alpha value is -2.73. The van der Waals surface area contributed by atoms with Crippen molar-refractivity contribution < 1.29 is 9.53 Å². The lowest BCUT2D eigenvalue weighted by Gasteiger charge is -2.21. The van der Waals surface area contributed by atoms with Crippen molar-refractivity contribution in [3.05, 3.63) is 65.9 Å². The van der Waals surface area contributed by atoms with Crippen molar-refractivity contribution in [2.24, 2.45) is 0 Å². The van der Waals surface area contributed by atoms with E-state index in [1.807, 2.05) is 41.8 Å². The Morgan fingerprint density at radius 3 is 2.75 bits per heavy atom. The van der Waals surface area contributed by atoms with Gasteiger partial charge in [0.25, 0.3) is 5.91 Å². The maximum atomic E-state index is 12.9. The zero-order valence-corrected chi connectivity index (χ0v) is 13.8. The molecule has 6 nitrogen and oxygen atoms in total. The number of ether oxygens (including phenoxy) is 1. The summed E-state index contributed by atoms with van der Waals surface area (Å²) in [5.74, 6) is -0.106. The predicted molar refractivity (Wildman–Crippen MR) is 90.8 cm³/mol. The highest BCUT2D eigenvalue weighted by atomic mass is 16.5. The highest BCUT2D eigenvalue weighted by molar-refractivity contribution is 5.92. The summed E-state index contributed by atoms with van der Waals surface area (Å²) in [4.78, 5) is 23.1. The van der Waals surface area contributed by atoms with E-state index >= 15 is 0 Å². The van der Waals surface area contributed by atoms with Crippen LogP contribution in [0.1, 0.15) is 21.6 Å². The lowest BCUT2D eigenvalue weighted by molar-refractivity contribution is 0.0675. The summed E-state index contributed by atoms with van der Waals surface area (Å²) in [6.07, 6.45) is 7.18. The van der Waals surface area contributed by atoms with E-state index in [2.05, 4.69) is 9.97 Å². The second kappa shape index (κ2) is 7.23. The van der Waals surface area contributed by atoms with Gasteiger partial charge in [-0.05, 0) is 36.2 Å². The molecule has 0 fully saturated rings. The molecule has 3 rings (SSSR count). The summed E-state index contributed by atoms with van der Waals surface area (Å²) in [5.41, 5.74) is 3.34. The van der Waals surface area contributed by atoms with Gasteiger partial charge in [0.15, 0.2) is 0 Å². The van der Waals surface area contributed by atoms with E-state index in [1.54, 1.807) is 30.6 Å². The largest absolute Gasteiger partial charge is 0.383 e. The number of hydrogen-bond acceptors (Lipinski definition) is 4. The molecule has 3 aromatic rings. The van der Waals surface area contributed by atoms with E-state index in [9.17, 15) is 4.79 Å². The Morgan fingerprint density at radius 2 is 2.00 bits per heavy atom. The molecule has 0 aliphatic carbocycles. The Balaban J connectivity index is 1.85. The third kappa shape index (κ3) is 3.60. The Kier molecular flexibility index (Phi) is 4.86. The molecule has 0 saturated heterocycles. The van der Waals surface area contributed by atoms with Crippen molar-refractivity contribution in [2.75, 3.05) is 20.3 Å². The van der Waals surface area contributed by atoms with Gasteiger partial charge < -0.3 is 14.0 Å². The van der Waals surface area contributed by atoms with Crippen LogP contribution in [0.2, 0.25) is 0 Å². The molecule has 0 unspecified atom stereocenters. The normalized spacial score (nSPS) is 10.9. The molecular weight excluding hydrogens is 304 g/mol. The number of aromatic nitrogens is 3. The van der Waals surface area contributed by atoms with E-state index < -0.39 is 0 Å². The molecule has 0 aliphatic rings. The van der Waals surface area contributed by atoms with Crippen molar-refractivity contribution in [1.29, 1.82) is 0 Å². The number of fused-ring (bicyclic) bond motifs is 1. The molecule has 24 heavy (non-hydrogen) atoms. The maximum Gasteiger partial charge on any atom is 0.274 e. The highest BCUT2D eigenvalue weighted by Crippen LogP contribution is 2.12. The first-order valence-corrected chi connectivity index (χ1v) is 7.80. The minimum Gasteiger partial charge on any atom is -0.383 e. The van der Waals surface area contributed by atoms with E-state index in [-0.39, 0.29) is 5.91 Å². The zero-order valence-electron chi connectivity index (χ0n) is 13.8. The number of imidazole rings is 1. The molecule has 0 atom stereocenters. The predicted octanol–water partition coefficient (Wildman–Crippen LogP) is 2.33. The van der Waals surface area contributed by atoms with Crippen LogP contribution in [-0.4, -0.2) is 45.4 Å². The van der Waals surface area contributed by atoms with Gasteiger partial charge in [0.2, 0.25) is 0 Å². The minimum atomic E-state index is -0.106. The Bertz CT molecular complexity index is 829. The minimum absolute atomic E-state index is 0.106. The lowest BCUT2D eigenvalue weighted by Crippen LogP contribution is -2.33. The summed E-state index contributed by atoms with van der Waals surface area (Å²) < 4.78 is 7.02. The molecule has 0 aliphatic heterocycles. The molecule has 6 heteroatoms. The molecule has 0 N–H and O–H groups in total. The van der Waals surface area contributed by atoms with Gasteiger partial charge in [0, 0.05) is 45.0 Å². The van der Waals surface area contributed by atoms with Gasteiger partial charge in [0.05, 0.1) is 6.61 Å². The molecule has 0 bridgehead atoms. The van der Waals surface area contributed by atoms with Gasteiger partial charge in [-0.15, -0.1) is 0 Å². The number of carbonyl (C=O) groups is 1. The van der Waals surface area contributed by atoms with Crippen LogP contribution in [0.25, 0.3) is 5.65 Å². The van der Waals surface area contributed by atoms with E-state index in [1.165, 1.54) is 0 Å². The van der Waals surface area contributed by atoms with Gasteiger partial charge in [-0.3, -0.25) is 9.78 Å². The monoisotopic (exact) mass is 324 g/mol. The third-order valence-electron chi connectivity index (χ3n) is 3.79. The lowest BCUT2D eigenvalue weighted by atomic mass is 10.2. The number of carbonyl (C=O) groups excluding carboxylic acids is 1. The summed E-state index contributed by atoms with van der Waals surface area (Å²) in [6.45, 7) is 3.49. The van der Waals surface area contributed by atoms with E-state index in [4.69, 9.17) is 4.74 Å². The second-order valence-corrected chi connectivity index (χ2v) is 5.67. The van der Waals surface area contributed by atoms with Gasteiger partial charge in [0.1, 0.15) is 11.3 Å². The number of amides is 1. The van der Waals surface area contributed by atoms with Gasteiger partial charge in [-0.2, -0.15) is 0 Å². The molecule has 0 aromatic carbocycles. The molecular formula is C18H20N4O2. The number of rotatable bonds is 6. The highest BCUT2D eigenvalue weighted by Gasteiger charge is 2.19. The van der Waals surface area contributed by atoms with Crippen molar-refractivity contribution >= 4 is 11.6 Å². The standard InChI is InChI=1S/C18H20N4O2/c1-14-3-4-17-20-16(13-22(17)11-14)18(23)21(9-10-24-2)12-15-5-7-19-8-6-15/h3-8,11,13H,9-10,12H2,1-2H3. The van der Waals surface area contributed by atoms with Crippen LogP contribution >= 0.6 is 0 Å². The SMILES string of the molecule is COCCN(Cc1ccncc1)C(=O)c1cn2cc(C)ccc2n1. The van der Waals surface area contributed by atoms with Gasteiger partial charge in [-0.1, -0.05) is 6.07 Å². The summed E-state index contributed by atoms with van der Waals surface area (Å²) >= 11 is 0. The zero-order chi connectivity index (χ0) is 16.9. The Labute approximate surface area is 140 Å². The van der Waals surface area contributed by atoms with Crippen LogP contribution < -0.4 is 0 Å². The fraction of sp³-hybridized carbons (Fsp3) is 0.278. The fourth-order valence-corrected chi connectivity index (χ4v) is 2.53. The third-order valence-corrected chi connectivity index (χ3v) is 3.79. The number of hydrogen-bond donors (Lipinski definition) is 0. The molecule has 124 valence electrons. The van der Waals surface area contributed by atoms with Crippen LogP contribution in [-0.2, 0) is 11.3 Å².